The maximum absolute atomic E-state index is 5.71. The maximum Gasteiger partial charge on any atom is 0.119 e. The van der Waals surface area contributed by atoms with E-state index in [1.807, 2.05) is 30.3 Å². The Balaban J connectivity index is 1.63. The Hall–Kier alpha value is -1.06. The lowest BCUT2D eigenvalue weighted by Crippen LogP contribution is -2.43. The number of benzene rings is 1. The summed E-state index contributed by atoms with van der Waals surface area (Å²) in [4.78, 5) is 2.53. The van der Waals surface area contributed by atoms with Gasteiger partial charge in [0.15, 0.2) is 0 Å². The van der Waals surface area contributed by atoms with Crippen LogP contribution in [0.1, 0.15) is 25.7 Å². The highest BCUT2D eigenvalue weighted by molar-refractivity contribution is 5.20. The standard InChI is InChI=1S/C15H24N2O/c16-10-12-17(14-6-4-7-14)11-5-13-18-15-8-2-1-3-9-15/h1-3,8-9,14H,4-7,10-13,16H2. The van der Waals surface area contributed by atoms with Gasteiger partial charge >= 0.3 is 0 Å². The van der Waals surface area contributed by atoms with Gasteiger partial charge in [-0.2, -0.15) is 0 Å². The van der Waals surface area contributed by atoms with Crippen LogP contribution in [0.2, 0.25) is 0 Å². The van der Waals surface area contributed by atoms with Gasteiger partial charge in [0.25, 0.3) is 0 Å². The van der Waals surface area contributed by atoms with Crippen LogP contribution in [0.3, 0.4) is 0 Å². The van der Waals surface area contributed by atoms with Gasteiger partial charge in [-0.3, -0.25) is 4.90 Å². The molecule has 0 bridgehead atoms. The van der Waals surface area contributed by atoms with Crippen molar-refractivity contribution in [3.8, 4) is 5.75 Å². The van der Waals surface area contributed by atoms with Crippen LogP contribution in [-0.4, -0.2) is 37.2 Å². The van der Waals surface area contributed by atoms with Gasteiger partial charge in [-0.05, 0) is 31.4 Å². The molecule has 100 valence electrons. The minimum atomic E-state index is 0.760. The van der Waals surface area contributed by atoms with Gasteiger partial charge in [0.05, 0.1) is 6.61 Å². The topological polar surface area (TPSA) is 38.5 Å². The Morgan fingerprint density at radius 3 is 2.56 bits per heavy atom. The number of rotatable bonds is 8. The van der Waals surface area contributed by atoms with Crippen LogP contribution in [-0.2, 0) is 0 Å². The lowest BCUT2D eigenvalue weighted by Gasteiger charge is -2.37. The van der Waals surface area contributed by atoms with Gasteiger partial charge in [0.1, 0.15) is 5.75 Å². The first-order valence-corrected chi connectivity index (χ1v) is 7.02. The molecule has 1 aromatic carbocycles. The number of nitrogens with zero attached hydrogens (tertiary/aromatic N) is 1. The van der Waals surface area contributed by atoms with E-state index in [1.165, 1.54) is 19.3 Å². The molecule has 3 heteroatoms. The van der Waals surface area contributed by atoms with Crippen molar-refractivity contribution in [1.29, 1.82) is 0 Å². The van der Waals surface area contributed by atoms with Crippen molar-refractivity contribution in [1.82, 2.24) is 4.90 Å². The van der Waals surface area contributed by atoms with Crippen LogP contribution in [0.5, 0.6) is 5.75 Å². The van der Waals surface area contributed by atoms with E-state index in [0.29, 0.717) is 0 Å². The summed E-state index contributed by atoms with van der Waals surface area (Å²) in [5, 5.41) is 0. The molecule has 0 heterocycles. The molecule has 1 saturated carbocycles. The molecule has 0 amide bonds. The third kappa shape index (κ3) is 4.00. The first-order chi connectivity index (χ1) is 8.90. The van der Waals surface area contributed by atoms with Crippen LogP contribution in [0, 0.1) is 0 Å². The summed E-state index contributed by atoms with van der Waals surface area (Å²) in [5.41, 5.74) is 5.67. The Kier molecular flexibility index (Phi) is 5.49. The van der Waals surface area contributed by atoms with E-state index in [9.17, 15) is 0 Å². The van der Waals surface area contributed by atoms with Crippen molar-refractivity contribution in [2.45, 2.75) is 31.7 Å². The van der Waals surface area contributed by atoms with Crippen molar-refractivity contribution in [2.75, 3.05) is 26.2 Å². The Morgan fingerprint density at radius 1 is 1.17 bits per heavy atom. The smallest absolute Gasteiger partial charge is 0.119 e. The number of hydrogen-bond donors (Lipinski definition) is 1. The highest BCUT2D eigenvalue weighted by Crippen LogP contribution is 2.24. The minimum Gasteiger partial charge on any atom is -0.494 e. The zero-order valence-corrected chi connectivity index (χ0v) is 11.1. The molecular weight excluding hydrogens is 224 g/mol. The number of ether oxygens (including phenoxy) is 1. The molecule has 0 radical (unpaired) electrons. The molecule has 1 aliphatic carbocycles. The lowest BCUT2D eigenvalue weighted by molar-refractivity contribution is 0.122. The summed E-state index contributed by atoms with van der Waals surface area (Å²) < 4.78 is 5.71. The zero-order valence-electron chi connectivity index (χ0n) is 11.1. The minimum absolute atomic E-state index is 0.760. The summed E-state index contributed by atoms with van der Waals surface area (Å²) >= 11 is 0. The largest absolute Gasteiger partial charge is 0.494 e. The summed E-state index contributed by atoms with van der Waals surface area (Å²) in [5.74, 6) is 0.964. The van der Waals surface area contributed by atoms with Crippen molar-refractivity contribution in [3.05, 3.63) is 30.3 Å². The molecular formula is C15H24N2O. The van der Waals surface area contributed by atoms with Crippen LogP contribution >= 0.6 is 0 Å². The average molecular weight is 248 g/mol. The predicted molar refractivity (Wildman–Crippen MR) is 74.8 cm³/mol. The summed E-state index contributed by atoms with van der Waals surface area (Å²) in [6.45, 7) is 3.68. The maximum atomic E-state index is 5.71. The molecule has 18 heavy (non-hydrogen) atoms. The van der Waals surface area contributed by atoms with E-state index < -0.39 is 0 Å². The van der Waals surface area contributed by atoms with Gasteiger partial charge < -0.3 is 10.5 Å². The van der Waals surface area contributed by atoms with E-state index in [0.717, 1.165) is 44.5 Å². The highest BCUT2D eigenvalue weighted by atomic mass is 16.5. The van der Waals surface area contributed by atoms with Gasteiger partial charge in [0, 0.05) is 25.7 Å². The predicted octanol–water partition coefficient (Wildman–Crippen LogP) is 2.27. The van der Waals surface area contributed by atoms with Crippen molar-refractivity contribution in [2.24, 2.45) is 5.73 Å². The molecule has 2 N–H and O–H groups in total. The molecule has 0 atom stereocenters. The Morgan fingerprint density at radius 2 is 1.94 bits per heavy atom. The van der Waals surface area contributed by atoms with E-state index in [4.69, 9.17) is 10.5 Å². The summed E-state index contributed by atoms with van der Waals surface area (Å²) in [6, 6.07) is 10.8. The average Bonchev–Trinajstić information content (AvgIpc) is 2.34. The Bertz CT molecular complexity index is 325. The SMILES string of the molecule is NCCN(CCCOc1ccccc1)C1CCC1. The quantitative estimate of drug-likeness (QED) is 0.717. The van der Waals surface area contributed by atoms with Crippen molar-refractivity contribution >= 4 is 0 Å². The van der Waals surface area contributed by atoms with E-state index in [2.05, 4.69) is 4.90 Å². The molecule has 1 aliphatic rings. The zero-order chi connectivity index (χ0) is 12.6. The first kappa shape index (κ1) is 13.4. The summed E-state index contributed by atoms with van der Waals surface area (Å²) in [7, 11) is 0. The van der Waals surface area contributed by atoms with Crippen LogP contribution in [0.25, 0.3) is 0 Å². The second kappa shape index (κ2) is 7.39. The molecule has 1 fully saturated rings. The lowest BCUT2D eigenvalue weighted by atomic mass is 9.91. The molecule has 0 spiro atoms. The third-order valence-electron chi connectivity index (χ3n) is 3.61. The van der Waals surface area contributed by atoms with Gasteiger partial charge in [-0.1, -0.05) is 24.6 Å². The normalized spacial score (nSPS) is 15.7. The molecule has 0 aliphatic heterocycles. The second-order valence-electron chi connectivity index (χ2n) is 4.92. The summed E-state index contributed by atoms with van der Waals surface area (Å²) in [6.07, 6.45) is 5.15. The highest BCUT2D eigenvalue weighted by Gasteiger charge is 2.23. The van der Waals surface area contributed by atoms with Gasteiger partial charge in [0.2, 0.25) is 0 Å². The molecule has 0 aromatic heterocycles. The monoisotopic (exact) mass is 248 g/mol. The molecule has 0 saturated heterocycles. The van der Waals surface area contributed by atoms with Crippen LogP contribution in [0.4, 0.5) is 0 Å². The van der Waals surface area contributed by atoms with Gasteiger partial charge in [-0.25, -0.2) is 0 Å². The van der Waals surface area contributed by atoms with E-state index in [-0.39, 0.29) is 0 Å². The number of nitrogens with two attached hydrogens (primary N) is 1. The van der Waals surface area contributed by atoms with Gasteiger partial charge in [-0.15, -0.1) is 0 Å². The second-order valence-corrected chi connectivity index (χ2v) is 4.92. The molecule has 1 aromatic rings. The molecule has 0 unspecified atom stereocenters. The number of hydrogen-bond acceptors (Lipinski definition) is 3. The van der Waals surface area contributed by atoms with Crippen molar-refractivity contribution < 1.29 is 4.74 Å². The molecule has 2 rings (SSSR count). The van der Waals surface area contributed by atoms with E-state index >= 15 is 0 Å². The van der Waals surface area contributed by atoms with E-state index in [1.54, 1.807) is 0 Å². The molecule has 3 nitrogen and oxygen atoms in total. The first-order valence-electron chi connectivity index (χ1n) is 7.02. The fourth-order valence-corrected chi connectivity index (χ4v) is 2.37. The van der Waals surface area contributed by atoms with Crippen LogP contribution in [0.15, 0.2) is 30.3 Å². The fourth-order valence-electron chi connectivity index (χ4n) is 2.37. The Labute approximate surface area is 110 Å². The van der Waals surface area contributed by atoms with Crippen LogP contribution < -0.4 is 10.5 Å². The number of para-hydroxylation sites is 1. The third-order valence-corrected chi connectivity index (χ3v) is 3.61. The van der Waals surface area contributed by atoms with Crippen molar-refractivity contribution in [3.63, 3.8) is 0 Å². The fraction of sp³-hybridized carbons (Fsp3) is 0.600.